The van der Waals surface area contributed by atoms with E-state index in [0.717, 1.165) is 57.8 Å². The van der Waals surface area contributed by atoms with Gasteiger partial charge in [-0.15, -0.1) is 23.1 Å². The van der Waals surface area contributed by atoms with Crippen LogP contribution in [-0.4, -0.2) is 81.1 Å². The lowest BCUT2D eigenvalue weighted by atomic mass is 9.98. The molecule has 0 amide bonds. The normalized spacial score (nSPS) is 14.2. The second-order valence-electron chi connectivity index (χ2n) is 12.6. The zero-order valence-electron chi connectivity index (χ0n) is 28.9. The molecule has 1 atom stereocenters. The number of quaternary nitrogens is 1. The van der Waals surface area contributed by atoms with Gasteiger partial charge in [-0.2, -0.15) is 18.7 Å². The lowest BCUT2D eigenvalue weighted by Gasteiger charge is -2.30. The van der Waals surface area contributed by atoms with E-state index < -0.39 is 33.1 Å². The van der Waals surface area contributed by atoms with Crippen molar-refractivity contribution in [2.75, 3.05) is 55.5 Å². The first-order chi connectivity index (χ1) is 24.3. The second-order valence-corrected chi connectivity index (χ2v) is 17.0. The first-order valence-corrected chi connectivity index (χ1v) is 19.9. The number of halogens is 3. The molecule has 0 radical (unpaired) electrons. The van der Waals surface area contributed by atoms with Gasteiger partial charge in [-0.05, 0) is 87.9 Å². The van der Waals surface area contributed by atoms with Crippen LogP contribution in [0.25, 0.3) is 6.08 Å². The number of sulfone groups is 1. The summed E-state index contributed by atoms with van der Waals surface area (Å²) in [5.41, 5.74) is 2.78. The van der Waals surface area contributed by atoms with Gasteiger partial charge in [0.2, 0.25) is 0 Å². The number of anilines is 2. The highest BCUT2D eigenvalue weighted by atomic mass is 32.2. The molecule has 15 heteroatoms. The van der Waals surface area contributed by atoms with Gasteiger partial charge in [0.15, 0.2) is 26.3 Å². The molecule has 0 spiro atoms. The van der Waals surface area contributed by atoms with Gasteiger partial charge < -0.3 is 20.6 Å². The van der Waals surface area contributed by atoms with Crippen LogP contribution in [0.2, 0.25) is 0 Å². The summed E-state index contributed by atoms with van der Waals surface area (Å²) in [6, 6.07) is 23.7. The number of Topliss-reactive ketones (excluding diaryl/α,β-unsaturated/α-hetero) is 1. The van der Waals surface area contributed by atoms with Crippen molar-refractivity contribution in [1.29, 1.82) is 0 Å². The van der Waals surface area contributed by atoms with Crippen LogP contribution in [0, 0.1) is 0 Å². The number of carbonyl (C=O) groups excluding carboxylic acids is 1. The molecule has 0 aliphatic carbocycles. The van der Waals surface area contributed by atoms with E-state index in [1.807, 2.05) is 44.4 Å². The topological polar surface area (TPSA) is 138 Å². The van der Waals surface area contributed by atoms with Crippen LogP contribution in [0.3, 0.4) is 0 Å². The fourth-order valence-electron chi connectivity index (χ4n) is 5.74. The molecule has 1 aliphatic rings. The molecule has 6 N–H and O–H groups in total. The van der Waals surface area contributed by atoms with E-state index in [-0.39, 0.29) is 26.9 Å². The summed E-state index contributed by atoms with van der Waals surface area (Å²) in [6.07, 6.45) is -0.811. The van der Waals surface area contributed by atoms with Crippen LogP contribution in [0.15, 0.2) is 99.6 Å². The minimum atomic E-state index is -4.42. The van der Waals surface area contributed by atoms with E-state index in [0.29, 0.717) is 36.6 Å². The summed E-state index contributed by atoms with van der Waals surface area (Å²) in [4.78, 5) is 18.5. The summed E-state index contributed by atoms with van der Waals surface area (Å²) in [6.45, 7) is 2.01. The molecule has 9 nitrogen and oxygen atoms in total. The van der Waals surface area contributed by atoms with Gasteiger partial charge in [-0.3, -0.25) is 4.79 Å². The molecule has 3 aromatic carbocycles. The number of rotatable bonds is 15. The van der Waals surface area contributed by atoms with Gasteiger partial charge in [0.05, 0.1) is 5.56 Å². The molecular weight excluding hydrogens is 734 g/mol. The quantitative estimate of drug-likeness (QED) is 0.0718. The highest BCUT2D eigenvalue weighted by molar-refractivity contribution is 7.99. The zero-order valence-corrected chi connectivity index (χ0v) is 31.3. The van der Waals surface area contributed by atoms with E-state index in [4.69, 9.17) is 0 Å². The lowest BCUT2D eigenvalue weighted by molar-refractivity contribution is -0.825. The lowest BCUT2D eigenvalue weighted by Crippen LogP contribution is -2.73. The van der Waals surface area contributed by atoms with Crippen molar-refractivity contribution in [3.8, 4) is 0 Å². The molecule has 52 heavy (non-hydrogen) atoms. The van der Waals surface area contributed by atoms with E-state index in [1.165, 1.54) is 18.2 Å². The number of thiophene rings is 1. The average Bonchev–Trinajstić information content (AvgIpc) is 3.54. The number of ketones is 1. The van der Waals surface area contributed by atoms with Crippen LogP contribution in [0.5, 0.6) is 0 Å². The summed E-state index contributed by atoms with van der Waals surface area (Å²) in [5.74, 6) is -0.542. The number of nitrogens with two attached hydrogens (primary N) is 1. The standard InChI is InChI=1S/C37H41F3N4O4S3.H2O/c1-43(2)19-18-29(24-49-31-9-4-3-5-10-31)41-36-33(42-46)23-35(50-36)51(47,48)25-34(45)27-12-14-30(15-13-27)44-20-16-26(17-21-44)22-28-8-6-7-11-32(28)37(38,39)40;/h3-15,22-23,29,41-42,46H,16-21,24-25H2,1-2H3;1H2/p+1/t29-;/m1./s1. The highest BCUT2D eigenvalue weighted by Crippen LogP contribution is 2.36. The number of thioether (sulfide) groups is 1. The molecular formula is C37H44F3N4O5S3+. The summed E-state index contributed by atoms with van der Waals surface area (Å²) >= 11 is 2.69. The molecule has 0 saturated carbocycles. The predicted octanol–water partition coefficient (Wildman–Crippen LogP) is 6.39. The van der Waals surface area contributed by atoms with Crippen molar-refractivity contribution in [2.45, 2.75) is 40.6 Å². The molecule has 4 aromatic rings. The molecule has 5 rings (SSSR count). The van der Waals surface area contributed by atoms with Crippen LogP contribution in [-0.2, 0) is 16.0 Å². The molecule has 0 unspecified atom stereocenters. The molecule has 280 valence electrons. The Morgan fingerprint density at radius 1 is 1.04 bits per heavy atom. The Morgan fingerprint density at radius 2 is 1.69 bits per heavy atom. The first kappa shape index (κ1) is 41.1. The van der Waals surface area contributed by atoms with E-state index >= 15 is 0 Å². The monoisotopic (exact) mass is 777 g/mol. The third kappa shape index (κ3) is 11.2. The van der Waals surface area contributed by atoms with Gasteiger partial charge in [0.25, 0.3) is 0 Å². The van der Waals surface area contributed by atoms with Crippen molar-refractivity contribution in [1.82, 2.24) is 4.90 Å². The van der Waals surface area contributed by atoms with Gasteiger partial charge in [0.1, 0.15) is 9.96 Å². The van der Waals surface area contributed by atoms with Crippen LogP contribution in [0.4, 0.5) is 29.5 Å². The van der Waals surface area contributed by atoms with E-state index in [1.54, 1.807) is 48.2 Å². The Hall–Kier alpha value is -3.70. The second kappa shape index (κ2) is 18.4. The highest BCUT2D eigenvalue weighted by Gasteiger charge is 2.33. The number of piperidine rings is 1. The number of nitrogens with zero attached hydrogens (tertiary/aromatic N) is 2. The molecule has 1 aromatic heterocycles. The fourth-order valence-corrected chi connectivity index (χ4v) is 9.47. The van der Waals surface area contributed by atoms with Gasteiger partial charge >= 0.3 is 6.18 Å². The van der Waals surface area contributed by atoms with Crippen LogP contribution >= 0.6 is 23.1 Å². The van der Waals surface area contributed by atoms with Gasteiger partial charge in [-0.25, -0.2) is 13.6 Å². The van der Waals surface area contributed by atoms with Crippen molar-refractivity contribution in [3.05, 3.63) is 107 Å². The average molecular weight is 778 g/mol. The van der Waals surface area contributed by atoms with Crippen molar-refractivity contribution < 1.29 is 42.5 Å². The Morgan fingerprint density at radius 3 is 2.33 bits per heavy atom. The molecule has 1 fully saturated rings. The fraction of sp³-hybridized carbons (Fsp3) is 0.324. The number of carbonyl (C=O) groups is 1. The summed E-state index contributed by atoms with van der Waals surface area (Å²) < 4.78 is 67.2. The predicted molar refractivity (Wildman–Crippen MR) is 203 cm³/mol. The summed E-state index contributed by atoms with van der Waals surface area (Å²) in [5, 5.41) is 13.9. The minimum Gasteiger partial charge on any atom is -0.412 e. The largest absolute Gasteiger partial charge is 0.416 e. The third-order valence-corrected chi connectivity index (χ3v) is 13.0. The van der Waals surface area contributed by atoms with Gasteiger partial charge in [0, 0.05) is 47.1 Å². The molecule has 1 aliphatic heterocycles. The molecule has 2 heterocycles. The maximum absolute atomic E-state index is 13.4. The SMILES string of the molecule is CN(C)CC[C@H](CSc1ccccc1)Nc1sc(S(=O)(=O)CC(=O)c2ccc(N3CCC(=Cc4ccccc4C(F)(F)F)CC3)cc2)cc1[NH2+]O.O. The Labute approximate surface area is 310 Å². The van der Waals surface area contributed by atoms with Crippen molar-refractivity contribution >= 4 is 61.2 Å². The maximum atomic E-state index is 13.4. The molecule has 1 saturated heterocycles. The Bertz CT molecular complexity index is 1910. The first-order valence-electron chi connectivity index (χ1n) is 16.5. The Balaban J connectivity index is 0.00000605. The number of nitrogens with one attached hydrogen (secondary N) is 1. The van der Waals surface area contributed by atoms with E-state index in [2.05, 4.69) is 15.1 Å². The van der Waals surface area contributed by atoms with E-state index in [9.17, 15) is 31.6 Å². The van der Waals surface area contributed by atoms with Crippen LogP contribution in [0.1, 0.15) is 40.7 Å². The van der Waals surface area contributed by atoms with Crippen molar-refractivity contribution in [2.24, 2.45) is 0 Å². The van der Waals surface area contributed by atoms with Crippen LogP contribution < -0.4 is 15.7 Å². The maximum Gasteiger partial charge on any atom is 0.416 e. The van der Waals surface area contributed by atoms with Gasteiger partial charge in [-0.1, -0.05) is 48.0 Å². The third-order valence-electron chi connectivity index (χ3n) is 8.55. The molecule has 0 bridgehead atoms. The summed E-state index contributed by atoms with van der Waals surface area (Å²) in [7, 11) is -0.0345. The number of benzene rings is 3. The number of hydrogen-bond acceptors (Lipinski definition) is 9. The zero-order chi connectivity index (χ0) is 36.6. The Kier molecular flexibility index (Phi) is 14.5. The number of hydrogen-bond donors (Lipinski definition) is 3. The number of alkyl halides is 3. The van der Waals surface area contributed by atoms with Crippen molar-refractivity contribution in [3.63, 3.8) is 0 Å². The smallest absolute Gasteiger partial charge is 0.412 e. The minimum absolute atomic E-state index is 0.